The van der Waals surface area contributed by atoms with Gasteiger partial charge in [0.2, 0.25) is 5.91 Å². The number of piperidine rings is 1. The number of methoxy groups -OCH3 is 1. The van der Waals surface area contributed by atoms with E-state index in [1.165, 1.54) is 12.8 Å². The molecule has 1 aliphatic rings. The predicted octanol–water partition coefficient (Wildman–Crippen LogP) is 3.53. The lowest BCUT2D eigenvalue weighted by molar-refractivity contribution is -0.123. The smallest absolute Gasteiger partial charge is 0.220 e. The van der Waals surface area contributed by atoms with Gasteiger partial charge in [0, 0.05) is 6.42 Å². The minimum atomic E-state index is 0.0417. The van der Waals surface area contributed by atoms with Gasteiger partial charge in [-0.2, -0.15) is 0 Å². The molecule has 1 saturated heterocycles. The minimum Gasteiger partial charge on any atom is -0.497 e. The Morgan fingerprint density at radius 1 is 1.29 bits per heavy atom. The summed E-state index contributed by atoms with van der Waals surface area (Å²) < 4.78 is 5.22. The summed E-state index contributed by atoms with van der Waals surface area (Å²) in [6.45, 7) is 8.64. The van der Waals surface area contributed by atoms with Gasteiger partial charge in [0.25, 0.3) is 0 Å². The van der Waals surface area contributed by atoms with Crippen LogP contribution in [0.1, 0.15) is 51.6 Å². The zero-order valence-corrected chi connectivity index (χ0v) is 15.5. The van der Waals surface area contributed by atoms with Gasteiger partial charge in [-0.1, -0.05) is 32.9 Å². The normalized spacial score (nSPS) is 20.5. The second kappa shape index (κ2) is 9.07. The maximum absolute atomic E-state index is 12.6. The molecule has 1 aromatic carbocycles. The Bertz CT molecular complexity index is 507. The first-order valence-corrected chi connectivity index (χ1v) is 9.15. The van der Waals surface area contributed by atoms with Crippen LogP contribution in [0.3, 0.4) is 0 Å². The van der Waals surface area contributed by atoms with Gasteiger partial charge in [0.15, 0.2) is 0 Å². The molecule has 4 heteroatoms. The largest absolute Gasteiger partial charge is 0.497 e. The summed E-state index contributed by atoms with van der Waals surface area (Å²) in [5.41, 5.74) is 1.13. The first kappa shape index (κ1) is 18.8. The van der Waals surface area contributed by atoms with Crippen LogP contribution in [-0.2, 0) is 4.79 Å². The van der Waals surface area contributed by atoms with Crippen molar-refractivity contribution in [2.45, 2.75) is 46.1 Å². The summed E-state index contributed by atoms with van der Waals surface area (Å²) in [5, 5.41) is 6.68. The highest BCUT2D eigenvalue weighted by Gasteiger charge is 2.24. The molecule has 1 heterocycles. The van der Waals surface area contributed by atoms with E-state index in [2.05, 4.69) is 31.4 Å². The van der Waals surface area contributed by atoms with Crippen LogP contribution in [0, 0.1) is 17.8 Å². The number of amides is 1. The van der Waals surface area contributed by atoms with Crippen molar-refractivity contribution in [2.24, 2.45) is 17.8 Å². The maximum atomic E-state index is 12.6. The average molecular weight is 332 g/mol. The molecule has 1 aromatic rings. The number of hydrogen-bond donors (Lipinski definition) is 2. The summed E-state index contributed by atoms with van der Waals surface area (Å²) in [4.78, 5) is 12.6. The fraction of sp³-hybridized carbons (Fsp3) is 0.650. The third-order valence-corrected chi connectivity index (χ3v) is 5.11. The molecule has 0 bridgehead atoms. The van der Waals surface area contributed by atoms with E-state index in [9.17, 15) is 4.79 Å². The van der Waals surface area contributed by atoms with Crippen LogP contribution >= 0.6 is 0 Å². The zero-order chi connectivity index (χ0) is 17.5. The van der Waals surface area contributed by atoms with Gasteiger partial charge in [-0.15, -0.1) is 0 Å². The number of rotatable bonds is 7. The van der Waals surface area contributed by atoms with Gasteiger partial charge in [-0.05, 0) is 61.4 Å². The highest BCUT2D eigenvalue weighted by molar-refractivity contribution is 5.76. The second-order valence-corrected chi connectivity index (χ2v) is 7.35. The van der Waals surface area contributed by atoms with Gasteiger partial charge < -0.3 is 15.4 Å². The van der Waals surface area contributed by atoms with E-state index >= 15 is 0 Å². The van der Waals surface area contributed by atoms with Crippen molar-refractivity contribution in [2.75, 3.05) is 20.2 Å². The molecule has 3 atom stereocenters. The molecule has 0 radical (unpaired) electrons. The molecule has 1 fully saturated rings. The average Bonchev–Trinajstić information content (AvgIpc) is 2.60. The molecule has 1 amide bonds. The monoisotopic (exact) mass is 332 g/mol. The van der Waals surface area contributed by atoms with Gasteiger partial charge in [-0.25, -0.2) is 0 Å². The highest BCUT2D eigenvalue weighted by Crippen LogP contribution is 2.26. The van der Waals surface area contributed by atoms with Crippen LogP contribution in [0.4, 0.5) is 0 Å². The number of hydrogen-bond acceptors (Lipinski definition) is 3. The first-order valence-electron chi connectivity index (χ1n) is 9.15. The number of carbonyl (C=O) groups is 1. The van der Waals surface area contributed by atoms with Gasteiger partial charge in [0.1, 0.15) is 5.75 Å². The topological polar surface area (TPSA) is 50.4 Å². The molecule has 134 valence electrons. The minimum absolute atomic E-state index is 0.0417. The van der Waals surface area contributed by atoms with Crippen molar-refractivity contribution in [3.8, 4) is 5.75 Å². The molecule has 0 aromatic heterocycles. The van der Waals surface area contributed by atoms with Crippen LogP contribution in [0.25, 0.3) is 0 Å². The van der Waals surface area contributed by atoms with E-state index in [0.29, 0.717) is 24.2 Å². The molecule has 3 unspecified atom stereocenters. The Morgan fingerprint density at radius 3 is 2.54 bits per heavy atom. The fourth-order valence-electron chi connectivity index (χ4n) is 3.50. The van der Waals surface area contributed by atoms with E-state index in [1.807, 2.05) is 24.3 Å². The lowest BCUT2D eigenvalue weighted by atomic mass is 9.85. The maximum Gasteiger partial charge on any atom is 0.220 e. The van der Waals surface area contributed by atoms with Crippen molar-refractivity contribution in [3.63, 3.8) is 0 Å². The number of nitrogens with one attached hydrogen (secondary N) is 2. The Kier molecular flexibility index (Phi) is 7.10. The molecular weight excluding hydrogens is 300 g/mol. The third kappa shape index (κ3) is 5.23. The van der Waals surface area contributed by atoms with E-state index in [0.717, 1.165) is 24.4 Å². The number of benzene rings is 1. The van der Waals surface area contributed by atoms with Crippen molar-refractivity contribution < 1.29 is 9.53 Å². The molecule has 1 aliphatic heterocycles. The Labute approximate surface area is 146 Å². The van der Waals surface area contributed by atoms with E-state index in [1.54, 1.807) is 7.11 Å². The number of ether oxygens (including phenoxy) is 1. The van der Waals surface area contributed by atoms with Gasteiger partial charge in [0.05, 0.1) is 13.2 Å². The van der Waals surface area contributed by atoms with Crippen LogP contribution < -0.4 is 15.4 Å². The van der Waals surface area contributed by atoms with Crippen molar-refractivity contribution >= 4 is 5.91 Å². The first-order chi connectivity index (χ1) is 11.5. The van der Waals surface area contributed by atoms with Crippen molar-refractivity contribution in [1.29, 1.82) is 0 Å². The molecule has 0 aliphatic carbocycles. The standard InChI is InChI=1S/C20H32N2O2/c1-14(2)20(16-7-9-18(24-4)10-8-16)22-19(23)12-15(3)17-6-5-11-21-13-17/h7-10,14-15,17,20-21H,5-6,11-13H2,1-4H3,(H,22,23). The zero-order valence-electron chi connectivity index (χ0n) is 15.5. The summed E-state index contributed by atoms with van der Waals surface area (Å²) in [7, 11) is 1.66. The summed E-state index contributed by atoms with van der Waals surface area (Å²) >= 11 is 0. The van der Waals surface area contributed by atoms with E-state index in [4.69, 9.17) is 4.74 Å². The van der Waals surface area contributed by atoms with Crippen molar-refractivity contribution in [1.82, 2.24) is 10.6 Å². The third-order valence-electron chi connectivity index (χ3n) is 5.11. The van der Waals surface area contributed by atoms with Crippen LogP contribution in [-0.4, -0.2) is 26.1 Å². The van der Waals surface area contributed by atoms with Crippen LogP contribution in [0.15, 0.2) is 24.3 Å². The molecular formula is C20H32N2O2. The molecule has 24 heavy (non-hydrogen) atoms. The lowest BCUT2D eigenvalue weighted by Crippen LogP contribution is -2.37. The predicted molar refractivity (Wildman–Crippen MR) is 98.1 cm³/mol. The summed E-state index contributed by atoms with van der Waals surface area (Å²) in [5.74, 6) is 2.37. The molecule has 0 saturated carbocycles. The molecule has 0 spiro atoms. The van der Waals surface area contributed by atoms with Crippen molar-refractivity contribution in [3.05, 3.63) is 29.8 Å². The van der Waals surface area contributed by atoms with Gasteiger partial charge in [-0.3, -0.25) is 4.79 Å². The lowest BCUT2D eigenvalue weighted by Gasteiger charge is -2.29. The fourth-order valence-corrected chi connectivity index (χ4v) is 3.50. The highest BCUT2D eigenvalue weighted by atomic mass is 16.5. The van der Waals surface area contributed by atoms with Crippen LogP contribution in [0.2, 0.25) is 0 Å². The Hall–Kier alpha value is -1.55. The molecule has 2 N–H and O–H groups in total. The summed E-state index contributed by atoms with van der Waals surface area (Å²) in [6.07, 6.45) is 3.05. The Morgan fingerprint density at radius 2 is 2.00 bits per heavy atom. The summed E-state index contributed by atoms with van der Waals surface area (Å²) in [6, 6.07) is 8.02. The molecule has 2 rings (SSSR count). The van der Waals surface area contributed by atoms with Gasteiger partial charge >= 0.3 is 0 Å². The molecule has 4 nitrogen and oxygen atoms in total. The quantitative estimate of drug-likeness (QED) is 0.803. The Balaban J connectivity index is 1.94. The van der Waals surface area contributed by atoms with E-state index in [-0.39, 0.29) is 11.9 Å². The van der Waals surface area contributed by atoms with Crippen LogP contribution in [0.5, 0.6) is 5.75 Å². The second-order valence-electron chi connectivity index (χ2n) is 7.35. The van der Waals surface area contributed by atoms with E-state index < -0.39 is 0 Å². The number of carbonyl (C=O) groups excluding carboxylic acids is 1. The SMILES string of the molecule is COc1ccc(C(NC(=O)CC(C)C2CCCNC2)C(C)C)cc1.